The number of nitrogens with two attached hydrogens (primary N) is 1. The van der Waals surface area contributed by atoms with Gasteiger partial charge in [0.05, 0.1) is 6.04 Å². The third-order valence-corrected chi connectivity index (χ3v) is 3.09. The minimum absolute atomic E-state index is 0. The predicted octanol–water partition coefficient (Wildman–Crippen LogP) is 2.11. The summed E-state index contributed by atoms with van der Waals surface area (Å²) in [6.45, 7) is 2.46. The summed E-state index contributed by atoms with van der Waals surface area (Å²) >= 11 is 3.42. The highest BCUT2D eigenvalue weighted by atomic mass is 79.9. The number of hydrogen-bond donors (Lipinski definition) is 1. The topological polar surface area (TPSA) is 46.3 Å². The molecule has 1 aromatic carbocycles. The molecule has 0 bridgehead atoms. The molecule has 1 aliphatic rings. The van der Waals surface area contributed by atoms with Crippen LogP contribution in [-0.2, 0) is 11.2 Å². The summed E-state index contributed by atoms with van der Waals surface area (Å²) in [5, 5.41) is 0. The monoisotopic (exact) mass is 304 g/mol. The molecule has 5 heteroatoms. The van der Waals surface area contributed by atoms with Gasteiger partial charge in [0.25, 0.3) is 0 Å². The molecule has 2 rings (SSSR count). The number of carbonyl (C=O) groups excluding carboxylic acids is 1. The van der Waals surface area contributed by atoms with Crippen molar-refractivity contribution in [2.24, 2.45) is 5.73 Å². The first-order chi connectivity index (χ1) is 7.09. The summed E-state index contributed by atoms with van der Waals surface area (Å²) in [7, 11) is 0. The molecule has 0 fully saturated rings. The summed E-state index contributed by atoms with van der Waals surface area (Å²) < 4.78 is 1.05. The number of benzene rings is 1. The maximum atomic E-state index is 11.8. The van der Waals surface area contributed by atoms with Crippen molar-refractivity contribution in [3.63, 3.8) is 0 Å². The summed E-state index contributed by atoms with van der Waals surface area (Å²) in [5.74, 6) is -0.00364. The van der Waals surface area contributed by atoms with Crippen molar-refractivity contribution in [2.75, 3.05) is 11.4 Å². The van der Waals surface area contributed by atoms with Gasteiger partial charge in [-0.1, -0.05) is 15.9 Å². The zero-order valence-corrected chi connectivity index (χ0v) is 11.3. The van der Waals surface area contributed by atoms with E-state index in [9.17, 15) is 4.79 Å². The van der Waals surface area contributed by atoms with Crippen LogP contribution in [0.1, 0.15) is 12.5 Å². The Balaban J connectivity index is 0.00000128. The molecule has 1 amide bonds. The van der Waals surface area contributed by atoms with Gasteiger partial charge in [0.15, 0.2) is 0 Å². The smallest absolute Gasteiger partial charge is 0.243 e. The Bertz CT molecular complexity index is 409. The highest BCUT2D eigenvalue weighted by Gasteiger charge is 2.26. The molecule has 0 aliphatic carbocycles. The Morgan fingerprint density at radius 3 is 2.88 bits per heavy atom. The Kier molecular flexibility index (Phi) is 4.35. The summed E-state index contributed by atoms with van der Waals surface area (Å²) in [6.07, 6.45) is 0.910. The molecule has 0 aromatic heterocycles. The largest absolute Gasteiger partial charge is 0.320 e. The van der Waals surface area contributed by atoms with E-state index >= 15 is 0 Å². The van der Waals surface area contributed by atoms with Gasteiger partial charge in [-0.25, -0.2) is 0 Å². The van der Waals surface area contributed by atoms with Gasteiger partial charge >= 0.3 is 0 Å². The lowest BCUT2D eigenvalue weighted by atomic mass is 10.2. The molecule has 88 valence electrons. The average Bonchev–Trinajstić information content (AvgIpc) is 2.59. The highest BCUT2D eigenvalue weighted by molar-refractivity contribution is 9.10. The molecule has 0 saturated heterocycles. The van der Waals surface area contributed by atoms with Crippen LogP contribution in [0.3, 0.4) is 0 Å². The van der Waals surface area contributed by atoms with Crippen molar-refractivity contribution >= 4 is 39.9 Å². The van der Waals surface area contributed by atoms with E-state index in [0.717, 1.165) is 23.1 Å². The predicted molar refractivity (Wildman–Crippen MR) is 71.1 cm³/mol. The quantitative estimate of drug-likeness (QED) is 0.864. The van der Waals surface area contributed by atoms with Gasteiger partial charge < -0.3 is 10.6 Å². The number of amides is 1. The van der Waals surface area contributed by atoms with Crippen molar-refractivity contribution < 1.29 is 4.79 Å². The Hall–Kier alpha value is -0.580. The lowest BCUT2D eigenvalue weighted by Crippen LogP contribution is -2.41. The van der Waals surface area contributed by atoms with Crippen LogP contribution in [0.15, 0.2) is 22.7 Å². The minimum Gasteiger partial charge on any atom is -0.320 e. The van der Waals surface area contributed by atoms with Gasteiger partial charge in [0.2, 0.25) is 5.91 Å². The van der Waals surface area contributed by atoms with E-state index < -0.39 is 6.04 Å². The van der Waals surface area contributed by atoms with Gasteiger partial charge in [0.1, 0.15) is 0 Å². The molecule has 0 radical (unpaired) electrons. The molecule has 2 N–H and O–H groups in total. The second-order valence-corrected chi connectivity index (χ2v) is 4.72. The van der Waals surface area contributed by atoms with Crippen molar-refractivity contribution in [1.82, 2.24) is 0 Å². The van der Waals surface area contributed by atoms with Crippen LogP contribution in [0.2, 0.25) is 0 Å². The standard InChI is InChI=1S/C11H13BrN2O.ClH/c1-7(13)11(15)14-5-4-8-6-9(12)2-3-10(8)14;/h2-3,6-7H,4-5,13H2,1H3;1H. The maximum Gasteiger partial charge on any atom is 0.243 e. The molecule has 0 saturated carbocycles. The first-order valence-corrected chi connectivity index (χ1v) is 5.74. The Labute approximate surface area is 110 Å². The number of hydrogen-bond acceptors (Lipinski definition) is 2. The molecule has 3 nitrogen and oxygen atoms in total. The second-order valence-electron chi connectivity index (χ2n) is 3.80. The molecule has 16 heavy (non-hydrogen) atoms. The molecule has 1 atom stereocenters. The number of carbonyl (C=O) groups is 1. The van der Waals surface area contributed by atoms with Crippen LogP contribution >= 0.6 is 28.3 Å². The maximum absolute atomic E-state index is 11.8. The molecule has 1 heterocycles. The first kappa shape index (κ1) is 13.5. The number of halogens is 2. The lowest BCUT2D eigenvalue weighted by Gasteiger charge is -2.19. The van der Waals surface area contributed by atoms with Crippen LogP contribution in [0.5, 0.6) is 0 Å². The SMILES string of the molecule is CC(N)C(=O)N1CCc2cc(Br)ccc21.Cl. The molecule has 1 aliphatic heterocycles. The fourth-order valence-electron chi connectivity index (χ4n) is 1.85. The van der Waals surface area contributed by atoms with Crippen molar-refractivity contribution in [1.29, 1.82) is 0 Å². The summed E-state index contributed by atoms with van der Waals surface area (Å²) in [5.41, 5.74) is 7.81. The van der Waals surface area contributed by atoms with E-state index in [0.29, 0.717) is 0 Å². The summed E-state index contributed by atoms with van der Waals surface area (Å²) in [6, 6.07) is 5.54. The van der Waals surface area contributed by atoms with E-state index in [-0.39, 0.29) is 18.3 Å². The highest BCUT2D eigenvalue weighted by Crippen LogP contribution is 2.30. The van der Waals surface area contributed by atoms with Crippen molar-refractivity contribution in [2.45, 2.75) is 19.4 Å². The summed E-state index contributed by atoms with van der Waals surface area (Å²) in [4.78, 5) is 13.6. The van der Waals surface area contributed by atoms with E-state index in [2.05, 4.69) is 22.0 Å². The Morgan fingerprint density at radius 2 is 2.25 bits per heavy atom. The third-order valence-electron chi connectivity index (χ3n) is 2.59. The number of anilines is 1. The first-order valence-electron chi connectivity index (χ1n) is 4.95. The van der Waals surface area contributed by atoms with Crippen LogP contribution in [0.25, 0.3) is 0 Å². The third kappa shape index (κ3) is 2.39. The van der Waals surface area contributed by atoms with Gasteiger partial charge in [-0.15, -0.1) is 12.4 Å². The molecular formula is C11H14BrClN2O. The zero-order chi connectivity index (χ0) is 11.0. The molecular weight excluding hydrogens is 291 g/mol. The van der Waals surface area contributed by atoms with E-state index in [1.807, 2.05) is 12.1 Å². The number of nitrogens with zero attached hydrogens (tertiary/aromatic N) is 1. The van der Waals surface area contributed by atoms with E-state index in [1.54, 1.807) is 11.8 Å². The zero-order valence-electron chi connectivity index (χ0n) is 8.94. The van der Waals surface area contributed by atoms with Gasteiger partial charge in [-0.2, -0.15) is 0 Å². The van der Waals surface area contributed by atoms with Crippen LogP contribution < -0.4 is 10.6 Å². The van der Waals surface area contributed by atoms with Gasteiger partial charge in [-0.3, -0.25) is 4.79 Å². The molecule has 1 aromatic rings. The van der Waals surface area contributed by atoms with Gasteiger partial charge in [0, 0.05) is 16.7 Å². The molecule has 1 unspecified atom stereocenters. The van der Waals surface area contributed by atoms with E-state index in [4.69, 9.17) is 5.73 Å². The second kappa shape index (κ2) is 5.17. The number of fused-ring (bicyclic) bond motifs is 1. The van der Waals surface area contributed by atoms with Crippen LogP contribution in [-0.4, -0.2) is 18.5 Å². The Morgan fingerprint density at radius 1 is 1.56 bits per heavy atom. The number of rotatable bonds is 1. The van der Waals surface area contributed by atoms with Crippen LogP contribution in [0.4, 0.5) is 5.69 Å². The van der Waals surface area contributed by atoms with Crippen molar-refractivity contribution in [3.8, 4) is 0 Å². The van der Waals surface area contributed by atoms with Gasteiger partial charge in [-0.05, 0) is 37.1 Å². The fraction of sp³-hybridized carbons (Fsp3) is 0.364. The van der Waals surface area contributed by atoms with Crippen molar-refractivity contribution in [3.05, 3.63) is 28.2 Å². The average molecular weight is 306 g/mol. The molecule has 0 spiro atoms. The normalized spacial score (nSPS) is 15.3. The minimum atomic E-state index is -0.431. The van der Waals surface area contributed by atoms with E-state index in [1.165, 1.54) is 5.56 Å². The lowest BCUT2D eigenvalue weighted by molar-refractivity contribution is -0.119. The van der Waals surface area contributed by atoms with Crippen LogP contribution in [0, 0.1) is 0 Å². The fourth-order valence-corrected chi connectivity index (χ4v) is 2.25.